The highest BCUT2D eigenvalue weighted by atomic mass is 16.5. The van der Waals surface area contributed by atoms with Crippen molar-refractivity contribution in [2.24, 2.45) is 5.92 Å². The minimum atomic E-state index is -1.11. The maximum Gasteiger partial charge on any atom is 0.330 e. The summed E-state index contributed by atoms with van der Waals surface area (Å²) < 4.78 is 11.0. The summed E-state index contributed by atoms with van der Waals surface area (Å²) in [6, 6.07) is 51.4. The molecule has 6 aromatic carbocycles. The van der Waals surface area contributed by atoms with Crippen molar-refractivity contribution in [3.8, 4) is 11.5 Å². The molecule has 6 aromatic rings. The number of nitrogens with one attached hydrogen (secondary N) is 4. The summed E-state index contributed by atoms with van der Waals surface area (Å²) in [5, 5.41) is 12.2. The van der Waals surface area contributed by atoms with E-state index in [2.05, 4.69) is 21.3 Å². The highest BCUT2D eigenvalue weighted by molar-refractivity contribution is 5.98. The van der Waals surface area contributed by atoms with Crippen LogP contribution in [0.4, 0.5) is 0 Å². The SMILES string of the molecule is CCOC(=O)/C=C/[C@H](CCC(=O)NC(c1ccccc1)(c1ccccc1)c1ccccc1)NC(=O)[C@H](Cc1ccccc1)NC(=O)[C@H](CC(C)C)NC(=O)c1ccc(Oc2ccccc2)cc1. The number of hydrogen-bond acceptors (Lipinski definition) is 7. The largest absolute Gasteiger partial charge is 0.463 e. The molecule has 0 aromatic heterocycles. The Morgan fingerprint density at radius 3 is 1.60 bits per heavy atom. The Morgan fingerprint density at radius 2 is 1.07 bits per heavy atom. The predicted molar refractivity (Wildman–Crippen MR) is 260 cm³/mol. The number of para-hydroxylation sites is 1. The van der Waals surface area contributed by atoms with E-state index < -0.39 is 47.4 Å². The van der Waals surface area contributed by atoms with E-state index in [9.17, 15) is 24.0 Å². The van der Waals surface area contributed by atoms with Gasteiger partial charge in [-0.3, -0.25) is 19.2 Å². The zero-order valence-electron chi connectivity index (χ0n) is 38.1. The number of rotatable bonds is 22. The Hall–Kier alpha value is -7.79. The minimum Gasteiger partial charge on any atom is -0.463 e. The number of amides is 4. The molecular weight excluding hydrogens is 841 g/mol. The normalized spacial score (nSPS) is 12.6. The minimum absolute atomic E-state index is 0.00653. The molecule has 0 saturated carbocycles. The van der Waals surface area contributed by atoms with Gasteiger partial charge in [0.2, 0.25) is 17.7 Å². The Kier molecular flexibility index (Phi) is 17.8. The first-order valence-electron chi connectivity index (χ1n) is 22.6. The van der Waals surface area contributed by atoms with Gasteiger partial charge in [-0.25, -0.2) is 4.79 Å². The second kappa shape index (κ2) is 24.5. The molecule has 344 valence electrons. The molecule has 11 nitrogen and oxygen atoms in total. The third kappa shape index (κ3) is 14.1. The summed E-state index contributed by atoms with van der Waals surface area (Å²) in [7, 11) is 0. The van der Waals surface area contributed by atoms with Crippen molar-refractivity contribution in [2.75, 3.05) is 6.61 Å². The quantitative estimate of drug-likeness (QED) is 0.0302. The fourth-order valence-electron chi connectivity index (χ4n) is 7.80. The Labute approximate surface area is 393 Å². The molecule has 0 fully saturated rings. The summed E-state index contributed by atoms with van der Waals surface area (Å²) in [6.07, 6.45) is 3.18. The van der Waals surface area contributed by atoms with Gasteiger partial charge in [0.25, 0.3) is 5.91 Å². The van der Waals surface area contributed by atoms with Crippen molar-refractivity contribution in [1.82, 2.24) is 21.3 Å². The highest BCUT2D eigenvalue weighted by Gasteiger charge is 2.38. The van der Waals surface area contributed by atoms with E-state index in [1.54, 1.807) is 31.2 Å². The van der Waals surface area contributed by atoms with Crippen LogP contribution < -0.4 is 26.0 Å². The first-order valence-corrected chi connectivity index (χ1v) is 22.6. The second-order valence-electron chi connectivity index (χ2n) is 16.5. The Bertz CT molecular complexity index is 2440. The number of hydrogen-bond donors (Lipinski definition) is 4. The van der Waals surface area contributed by atoms with Gasteiger partial charge in [0, 0.05) is 30.5 Å². The summed E-state index contributed by atoms with van der Waals surface area (Å²) in [6.45, 7) is 5.72. The Morgan fingerprint density at radius 1 is 0.582 bits per heavy atom. The highest BCUT2D eigenvalue weighted by Crippen LogP contribution is 2.37. The smallest absolute Gasteiger partial charge is 0.330 e. The molecule has 3 atom stereocenters. The van der Waals surface area contributed by atoms with Crippen molar-refractivity contribution in [3.05, 3.63) is 216 Å². The molecule has 4 N–H and O–H groups in total. The van der Waals surface area contributed by atoms with Crippen LogP contribution in [0.5, 0.6) is 11.5 Å². The number of carbonyl (C=O) groups excluding carboxylic acids is 5. The lowest BCUT2D eigenvalue weighted by Gasteiger charge is -2.37. The molecule has 0 radical (unpaired) electrons. The van der Waals surface area contributed by atoms with Crippen molar-refractivity contribution in [3.63, 3.8) is 0 Å². The summed E-state index contributed by atoms with van der Waals surface area (Å²) in [4.78, 5) is 69.2. The number of carbonyl (C=O) groups is 5. The molecule has 11 heteroatoms. The van der Waals surface area contributed by atoms with Crippen LogP contribution in [0, 0.1) is 5.92 Å². The lowest BCUT2D eigenvalue weighted by molar-refractivity contribution is -0.137. The first-order chi connectivity index (χ1) is 32.5. The van der Waals surface area contributed by atoms with Crippen LogP contribution in [0.25, 0.3) is 0 Å². The number of ether oxygens (including phenoxy) is 2. The van der Waals surface area contributed by atoms with E-state index in [1.165, 1.54) is 12.2 Å². The third-order valence-electron chi connectivity index (χ3n) is 11.0. The molecule has 0 bridgehead atoms. The van der Waals surface area contributed by atoms with E-state index in [0.717, 1.165) is 22.3 Å². The molecule has 6 rings (SSSR count). The summed E-state index contributed by atoms with van der Waals surface area (Å²) in [5.74, 6) is -1.26. The average Bonchev–Trinajstić information content (AvgIpc) is 3.35. The Balaban J connectivity index is 1.22. The topological polar surface area (TPSA) is 152 Å². The zero-order chi connectivity index (χ0) is 47.4. The van der Waals surface area contributed by atoms with Crippen molar-refractivity contribution in [2.45, 2.75) is 70.1 Å². The summed E-state index contributed by atoms with van der Waals surface area (Å²) >= 11 is 0. The van der Waals surface area contributed by atoms with E-state index in [1.807, 2.05) is 166 Å². The molecule has 4 amide bonds. The van der Waals surface area contributed by atoms with Crippen molar-refractivity contribution in [1.29, 1.82) is 0 Å². The van der Waals surface area contributed by atoms with Crippen LogP contribution in [0.15, 0.2) is 188 Å². The lowest BCUT2D eigenvalue weighted by atomic mass is 9.77. The van der Waals surface area contributed by atoms with Crippen LogP contribution >= 0.6 is 0 Å². The summed E-state index contributed by atoms with van der Waals surface area (Å²) in [5.41, 5.74) is 2.60. The number of esters is 1. The van der Waals surface area contributed by atoms with Crippen LogP contribution in [0.1, 0.15) is 72.6 Å². The van der Waals surface area contributed by atoms with Crippen LogP contribution in [-0.4, -0.2) is 54.3 Å². The van der Waals surface area contributed by atoms with E-state index >= 15 is 0 Å². The standard InChI is InChI=1S/C56H58N4O7/c1-4-66-52(62)37-33-46(32-36-51(61)60-56(43-22-12-6-13-23-43,44-24-14-7-15-25-44)45-26-16-8-17-27-45)57-54(64)50(39-41-20-10-5-11-21-41)59-55(65)49(38-40(2)3)58-53(63)42-30-34-48(35-31-42)67-47-28-18-9-19-29-47/h5-31,33-35,37,40,46,49-50H,4,32,36,38-39H2,1-3H3,(H,57,64)(H,58,63)(H,59,65)(H,60,61)/b37-33+/t46-,49-,50-/m0/s1. The fourth-order valence-corrected chi connectivity index (χ4v) is 7.80. The molecular formula is C56H58N4O7. The van der Waals surface area contributed by atoms with Crippen LogP contribution in [-0.2, 0) is 35.9 Å². The van der Waals surface area contributed by atoms with Crippen molar-refractivity contribution < 1.29 is 33.4 Å². The van der Waals surface area contributed by atoms with E-state index in [0.29, 0.717) is 23.5 Å². The molecule has 0 heterocycles. The van der Waals surface area contributed by atoms with Gasteiger partial charge >= 0.3 is 5.97 Å². The average molecular weight is 899 g/mol. The maximum atomic E-state index is 14.5. The van der Waals surface area contributed by atoms with Crippen LogP contribution in [0.3, 0.4) is 0 Å². The van der Waals surface area contributed by atoms with Gasteiger partial charge in [-0.2, -0.15) is 0 Å². The molecule has 0 aliphatic carbocycles. The monoisotopic (exact) mass is 898 g/mol. The predicted octanol–water partition coefficient (Wildman–Crippen LogP) is 8.84. The first kappa shape index (κ1) is 48.7. The molecule has 0 spiro atoms. The van der Waals surface area contributed by atoms with E-state index in [4.69, 9.17) is 9.47 Å². The van der Waals surface area contributed by atoms with Gasteiger partial charge in [-0.05, 0) is 84.3 Å². The number of benzene rings is 6. The van der Waals surface area contributed by atoms with Gasteiger partial charge in [0.1, 0.15) is 29.1 Å². The maximum absolute atomic E-state index is 14.5. The van der Waals surface area contributed by atoms with Crippen molar-refractivity contribution >= 4 is 29.6 Å². The molecule has 0 aliphatic rings. The van der Waals surface area contributed by atoms with E-state index in [-0.39, 0.29) is 37.7 Å². The van der Waals surface area contributed by atoms with Gasteiger partial charge in [-0.1, -0.05) is 159 Å². The zero-order valence-corrected chi connectivity index (χ0v) is 38.1. The third-order valence-corrected chi connectivity index (χ3v) is 11.0. The van der Waals surface area contributed by atoms with Gasteiger partial charge in [0.05, 0.1) is 6.61 Å². The van der Waals surface area contributed by atoms with Gasteiger partial charge < -0.3 is 30.7 Å². The second-order valence-corrected chi connectivity index (χ2v) is 16.5. The molecule has 67 heavy (non-hydrogen) atoms. The van der Waals surface area contributed by atoms with Gasteiger partial charge in [0.15, 0.2) is 0 Å². The lowest BCUT2D eigenvalue weighted by Crippen LogP contribution is -2.55. The molecule has 0 aliphatic heterocycles. The van der Waals surface area contributed by atoms with Crippen LogP contribution in [0.2, 0.25) is 0 Å². The fraction of sp³-hybridized carbons (Fsp3) is 0.232. The molecule has 0 unspecified atom stereocenters. The molecule has 0 saturated heterocycles. The van der Waals surface area contributed by atoms with Gasteiger partial charge in [-0.15, -0.1) is 0 Å².